The zero-order chi connectivity index (χ0) is 17.2. The van der Waals surface area contributed by atoms with Crippen molar-refractivity contribution in [2.24, 2.45) is 0 Å². The van der Waals surface area contributed by atoms with E-state index in [9.17, 15) is 0 Å². The van der Waals surface area contributed by atoms with E-state index >= 15 is 0 Å². The first kappa shape index (κ1) is 15.8. The third kappa shape index (κ3) is 3.15. The van der Waals surface area contributed by atoms with Crippen molar-refractivity contribution in [2.45, 2.75) is 25.6 Å². The molecule has 0 spiro atoms. The van der Waals surface area contributed by atoms with Gasteiger partial charge in [-0.3, -0.25) is 4.98 Å². The Balaban J connectivity index is 1.72. The number of nitrogens with one attached hydrogen (secondary N) is 1. The number of hydrogen-bond donors (Lipinski definition) is 1. The number of nitrogens with zero attached hydrogens (tertiary/aromatic N) is 2. The number of aromatic nitrogens is 1. The van der Waals surface area contributed by atoms with Crippen LogP contribution >= 0.6 is 12.2 Å². The van der Waals surface area contributed by atoms with Crippen molar-refractivity contribution < 1.29 is 4.42 Å². The van der Waals surface area contributed by atoms with Crippen molar-refractivity contribution in [1.82, 2.24) is 15.2 Å². The second-order valence-corrected chi connectivity index (χ2v) is 6.58. The SMILES string of the molecule is Cc1ccc(C2C(c3ccccn3)NC(=S)N2Cc2ccccc2)o1. The molecule has 1 saturated heterocycles. The van der Waals surface area contributed by atoms with Gasteiger partial charge < -0.3 is 14.6 Å². The van der Waals surface area contributed by atoms with Crippen molar-refractivity contribution in [3.05, 3.63) is 89.6 Å². The van der Waals surface area contributed by atoms with Crippen LogP contribution in [0.3, 0.4) is 0 Å². The van der Waals surface area contributed by atoms with Gasteiger partial charge in [0.1, 0.15) is 17.6 Å². The van der Waals surface area contributed by atoms with Crippen LogP contribution in [-0.2, 0) is 6.54 Å². The number of rotatable bonds is 4. The number of thiocarbonyl (C=S) groups is 1. The Morgan fingerprint density at radius 1 is 1.08 bits per heavy atom. The molecule has 2 aromatic heterocycles. The van der Waals surface area contributed by atoms with Crippen molar-refractivity contribution in [3.8, 4) is 0 Å². The second kappa shape index (κ2) is 6.69. The Hall–Kier alpha value is -2.66. The smallest absolute Gasteiger partial charge is 0.170 e. The number of aryl methyl sites for hydroxylation is 1. The summed E-state index contributed by atoms with van der Waals surface area (Å²) in [5.41, 5.74) is 2.17. The van der Waals surface area contributed by atoms with E-state index in [1.165, 1.54) is 5.56 Å². The number of hydrogen-bond acceptors (Lipinski definition) is 3. The van der Waals surface area contributed by atoms with Crippen LogP contribution in [0.25, 0.3) is 0 Å². The summed E-state index contributed by atoms with van der Waals surface area (Å²) in [5, 5.41) is 4.15. The summed E-state index contributed by atoms with van der Waals surface area (Å²) in [6, 6.07) is 20.2. The summed E-state index contributed by atoms with van der Waals surface area (Å²) in [4.78, 5) is 6.71. The molecule has 2 atom stereocenters. The van der Waals surface area contributed by atoms with Gasteiger partial charge in [0.2, 0.25) is 0 Å². The molecule has 4 nitrogen and oxygen atoms in total. The summed E-state index contributed by atoms with van der Waals surface area (Å²) in [6.07, 6.45) is 1.81. The Labute approximate surface area is 152 Å². The molecule has 1 aromatic carbocycles. The molecule has 5 heteroatoms. The van der Waals surface area contributed by atoms with Gasteiger partial charge in [0.15, 0.2) is 5.11 Å². The average Bonchev–Trinajstić information content (AvgIpc) is 3.20. The molecule has 0 radical (unpaired) electrons. The van der Waals surface area contributed by atoms with Crippen molar-refractivity contribution in [3.63, 3.8) is 0 Å². The maximum atomic E-state index is 5.97. The maximum Gasteiger partial charge on any atom is 0.170 e. The summed E-state index contributed by atoms with van der Waals surface area (Å²) in [7, 11) is 0. The van der Waals surface area contributed by atoms with E-state index in [0.717, 1.165) is 28.9 Å². The van der Waals surface area contributed by atoms with Gasteiger partial charge in [0.25, 0.3) is 0 Å². The van der Waals surface area contributed by atoms with Gasteiger partial charge in [0, 0.05) is 12.7 Å². The first-order chi connectivity index (χ1) is 12.2. The monoisotopic (exact) mass is 349 g/mol. The second-order valence-electron chi connectivity index (χ2n) is 6.19. The number of benzene rings is 1. The topological polar surface area (TPSA) is 41.3 Å². The highest BCUT2D eigenvalue weighted by Crippen LogP contribution is 2.39. The minimum atomic E-state index is -0.0389. The lowest BCUT2D eigenvalue weighted by atomic mass is 10.0. The highest BCUT2D eigenvalue weighted by atomic mass is 32.1. The Morgan fingerprint density at radius 3 is 2.56 bits per heavy atom. The number of pyridine rings is 1. The molecular formula is C20H19N3OS. The molecule has 0 aliphatic carbocycles. The Kier molecular flexibility index (Phi) is 4.24. The van der Waals surface area contributed by atoms with Gasteiger partial charge in [0.05, 0.1) is 11.7 Å². The van der Waals surface area contributed by atoms with Gasteiger partial charge >= 0.3 is 0 Å². The molecule has 3 heterocycles. The van der Waals surface area contributed by atoms with Gasteiger partial charge in [-0.05, 0) is 49.0 Å². The van der Waals surface area contributed by atoms with Crippen LogP contribution in [0.15, 0.2) is 71.3 Å². The predicted octanol–water partition coefficient (Wildman–Crippen LogP) is 4.16. The molecule has 25 heavy (non-hydrogen) atoms. The fraction of sp³-hybridized carbons (Fsp3) is 0.200. The highest BCUT2D eigenvalue weighted by molar-refractivity contribution is 7.80. The Bertz CT molecular complexity index is 863. The lowest BCUT2D eigenvalue weighted by Crippen LogP contribution is -2.29. The Morgan fingerprint density at radius 2 is 1.88 bits per heavy atom. The van der Waals surface area contributed by atoms with Gasteiger partial charge in [-0.2, -0.15) is 0 Å². The third-order valence-corrected chi connectivity index (χ3v) is 4.80. The first-order valence-corrected chi connectivity index (χ1v) is 8.71. The number of furan rings is 1. The van der Waals surface area contributed by atoms with E-state index in [1.807, 2.05) is 61.7 Å². The van der Waals surface area contributed by atoms with Crippen LogP contribution in [0.2, 0.25) is 0 Å². The molecule has 0 saturated carbocycles. The van der Waals surface area contributed by atoms with E-state index in [-0.39, 0.29) is 12.1 Å². The largest absolute Gasteiger partial charge is 0.464 e. The van der Waals surface area contributed by atoms with Gasteiger partial charge in [-0.1, -0.05) is 36.4 Å². The molecule has 2 unspecified atom stereocenters. The fourth-order valence-corrected chi connectivity index (χ4v) is 3.58. The molecule has 4 rings (SSSR count). The van der Waals surface area contributed by atoms with E-state index in [4.69, 9.17) is 16.6 Å². The van der Waals surface area contributed by atoms with Crippen molar-refractivity contribution in [1.29, 1.82) is 0 Å². The van der Waals surface area contributed by atoms with Crippen LogP contribution < -0.4 is 5.32 Å². The molecule has 1 N–H and O–H groups in total. The molecule has 0 bridgehead atoms. The van der Waals surface area contributed by atoms with E-state index in [2.05, 4.69) is 27.3 Å². The van der Waals surface area contributed by atoms with Gasteiger partial charge in [-0.25, -0.2) is 0 Å². The molecular weight excluding hydrogens is 330 g/mol. The summed E-state index contributed by atoms with van der Waals surface area (Å²) < 4.78 is 5.97. The average molecular weight is 349 g/mol. The van der Waals surface area contributed by atoms with E-state index in [1.54, 1.807) is 0 Å². The third-order valence-electron chi connectivity index (χ3n) is 4.45. The van der Waals surface area contributed by atoms with Crippen molar-refractivity contribution >= 4 is 17.3 Å². The lowest BCUT2D eigenvalue weighted by molar-refractivity contribution is 0.264. The van der Waals surface area contributed by atoms with Crippen LogP contribution in [-0.4, -0.2) is 15.0 Å². The predicted molar refractivity (Wildman–Crippen MR) is 101 cm³/mol. The zero-order valence-corrected chi connectivity index (χ0v) is 14.7. The standard InChI is InChI=1S/C20H19N3OS/c1-14-10-11-17(24-14)19-18(16-9-5-6-12-21-16)22-20(25)23(19)13-15-7-3-2-4-8-15/h2-12,18-19H,13H2,1H3,(H,22,25). The van der Waals surface area contributed by atoms with Crippen molar-refractivity contribution in [2.75, 3.05) is 0 Å². The maximum absolute atomic E-state index is 5.97. The lowest BCUT2D eigenvalue weighted by Gasteiger charge is -2.26. The minimum Gasteiger partial charge on any atom is -0.464 e. The van der Waals surface area contributed by atoms with Crippen LogP contribution in [0.1, 0.15) is 34.9 Å². The van der Waals surface area contributed by atoms with Crippen LogP contribution in [0.4, 0.5) is 0 Å². The molecule has 1 aliphatic rings. The molecule has 0 amide bonds. The summed E-state index contributed by atoms with van der Waals surface area (Å²) in [5.74, 6) is 1.80. The normalized spacial score (nSPS) is 19.9. The zero-order valence-electron chi connectivity index (χ0n) is 13.9. The molecule has 126 valence electrons. The van der Waals surface area contributed by atoms with Crippen LogP contribution in [0, 0.1) is 6.92 Å². The molecule has 1 aliphatic heterocycles. The van der Waals surface area contributed by atoms with Gasteiger partial charge in [-0.15, -0.1) is 0 Å². The summed E-state index contributed by atoms with van der Waals surface area (Å²) >= 11 is 5.65. The quantitative estimate of drug-likeness (QED) is 0.717. The van der Waals surface area contributed by atoms with E-state index in [0.29, 0.717) is 0 Å². The first-order valence-electron chi connectivity index (χ1n) is 8.31. The minimum absolute atomic E-state index is 0.0312. The van der Waals surface area contributed by atoms with E-state index < -0.39 is 0 Å². The summed E-state index contributed by atoms with van der Waals surface area (Å²) in [6.45, 7) is 2.68. The van der Waals surface area contributed by atoms with Crippen LogP contribution in [0.5, 0.6) is 0 Å². The molecule has 1 fully saturated rings. The molecule has 3 aromatic rings. The fourth-order valence-electron chi connectivity index (χ4n) is 3.28. The highest BCUT2D eigenvalue weighted by Gasteiger charge is 2.41.